The first-order valence-electron chi connectivity index (χ1n) is 10.9. The number of para-hydroxylation sites is 1. The molecule has 0 aliphatic heterocycles. The van der Waals surface area contributed by atoms with E-state index in [4.69, 9.17) is 14.1 Å². The molecule has 6 nitrogen and oxygen atoms in total. The third-order valence-electron chi connectivity index (χ3n) is 5.69. The number of nitrogens with zero attached hydrogens (tertiary/aromatic N) is 1. The number of aromatic nitrogens is 1. The Bertz CT molecular complexity index is 1410. The van der Waals surface area contributed by atoms with Crippen molar-refractivity contribution in [1.29, 1.82) is 0 Å². The van der Waals surface area contributed by atoms with Gasteiger partial charge in [0, 0.05) is 16.0 Å². The first-order chi connectivity index (χ1) is 16.6. The van der Waals surface area contributed by atoms with Crippen LogP contribution in [-0.4, -0.2) is 29.7 Å². The summed E-state index contributed by atoms with van der Waals surface area (Å²) < 4.78 is 10.9. The highest BCUT2D eigenvalue weighted by molar-refractivity contribution is 7.98. The van der Waals surface area contributed by atoms with E-state index in [0.717, 1.165) is 39.3 Å². The molecule has 170 valence electrons. The molecule has 1 N–H and O–H groups in total. The van der Waals surface area contributed by atoms with Gasteiger partial charge < -0.3 is 14.5 Å². The number of thioether (sulfide) groups is 1. The molecule has 7 heteroatoms. The number of fused-ring (bicyclic) bond motifs is 2. The molecule has 0 bridgehead atoms. The molecule has 2 aromatic carbocycles. The van der Waals surface area contributed by atoms with Gasteiger partial charge in [-0.05, 0) is 72.7 Å². The summed E-state index contributed by atoms with van der Waals surface area (Å²) in [5.41, 5.74) is 4.47. The van der Waals surface area contributed by atoms with E-state index in [9.17, 15) is 9.59 Å². The van der Waals surface area contributed by atoms with Crippen LogP contribution in [0.15, 0.2) is 76.2 Å². The predicted octanol–water partition coefficient (Wildman–Crippen LogP) is 5.83. The summed E-state index contributed by atoms with van der Waals surface area (Å²) in [7, 11) is 0. The molecule has 0 fully saturated rings. The van der Waals surface area contributed by atoms with Crippen LogP contribution in [-0.2, 0) is 16.0 Å². The average molecular weight is 471 g/mol. The van der Waals surface area contributed by atoms with Gasteiger partial charge in [-0.25, -0.2) is 9.78 Å². The van der Waals surface area contributed by atoms with Crippen LogP contribution in [0.3, 0.4) is 0 Å². The number of anilines is 1. The van der Waals surface area contributed by atoms with Crippen LogP contribution < -0.4 is 5.32 Å². The molecule has 0 unspecified atom stereocenters. The van der Waals surface area contributed by atoms with E-state index in [-0.39, 0.29) is 12.5 Å². The monoisotopic (exact) mass is 470 g/mol. The quantitative estimate of drug-likeness (QED) is 0.282. The molecule has 0 atom stereocenters. The molecular formula is C27H22N2O4S. The average Bonchev–Trinajstić information content (AvgIpc) is 3.51. The number of nitrogens with one attached hydrogen (secondary N) is 1. The highest BCUT2D eigenvalue weighted by Crippen LogP contribution is 2.37. The number of ether oxygens (including phenoxy) is 1. The Hall–Kier alpha value is -3.84. The summed E-state index contributed by atoms with van der Waals surface area (Å²) in [5, 5.41) is 3.50. The fourth-order valence-corrected chi connectivity index (χ4v) is 4.62. The summed E-state index contributed by atoms with van der Waals surface area (Å²) in [5.74, 6) is -0.175. The van der Waals surface area contributed by atoms with Crippen LogP contribution in [0.2, 0.25) is 0 Å². The Morgan fingerprint density at radius 1 is 1.12 bits per heavy atom. The molecule has 0 radical (unpaired) electrons. The second-order valence-corrected chi connectivity index (χ2v) is 8.75. The zero-order chi connectivity index (χ0) is 23.5. The van der Waals surface area contributed by atoms with Crippen LogP contribution in [0.25, 0.3) is 22.6 Å². The third kappa shape index (κ3) is 4.47. The number of benzene rings is 2. The van der Waals surface area contributed by atoms with Gasteiger partial charge in [0.1, 0.15) is 5.76 Å². The second-order valence-electron chi connectivity index (χ2n) is 7.87. The van der Waals surface area contributed by atoms with E-state index >= 15 is 0 Å². The molecule has 1 aliphatic rings. The fraction of sp³-hybridized carbons (Fsp3) is 0.148. The highest BCUT2D eigenvalue weighted by atomic mass is 32.2. The number of esters is 1. The normalized spacial score (nSPS) is 13.7. The van der Waals surface area contributed by atoms with Crippen LogP contribution in [0.5, 0.6) is 0 Å². The molecular weight excluding hydrogens is 448 g/mol. The van der Waals surface area contributed by atoms with Gasteiger partial charge in [-0.2, -0.15) is 0 Å². The van der Waals surface area contributed by atoms with Gasteiger partial charge in [-0.15, -0.1) is 11.8 Å². The number of hydrogen-bond acceptors (Lipinski definition) is 6. The summed E-state index contributed by atoms with van der Waals surface area (Å²) >= 11 is 1.59. The Kier molecular flexibility index (Phi) is 6.18. The van der Waals surface area contributed by atoms with Crippen molar-refractivity contribution in [2.45, 2.75) is 17.7 Å². The molecule has 1 amide bonds. The van der Waals surface area contributed by atoms with Gasteiger partial charge in [0.25, 0.3) is 5.91 Å². The molecule has 1 aliphatic carbocycles. The maximum Gasteiger partial charge on any atom is 0.339 e. The second kappa shape index (κ2) is 9.57. The molecule has 2 heterocycles. The smallest absolute Gasteiger partial charge is 0.339 e. The van der Waals surface area contributed by atoms with Crippen LogP contribution in [0.4, 0.5) is 5.69 Å². The van der Waals surface area contributed by atoms with Crippen molar-refractivity contribution < 1.29 is 18.7 Å². The van der Waals surface area contributed by atoms with E-state index in [1.54, 1.807) is 24.1 Å². The SMILES string of the molecule is CSc1cccc(NC(=O)COC(=O)c2c3c(nc4ccccc24)/C(=C/c2ccco2)CC3)c1. The lowest BCUT2D eigenvalue weighted by Gasteiger charge is -2.12. The lowest BCUT2D eigenvalue weighted by Crippen LogP contribution is -2.21. The van der Waals surface area contributed by atoms with Gasteiger partial charge in [0.15, 0.2) is 6.61 Å². The lowest BCUT2D eigenvalue weighted by molar-refractivity contribution is -0.119. The maximum atomic E-state index is 13.2. The standard InChI is InChI=1S/C27H22N2O4S/c1-34-20-8-4-6-18(15-20)28-24(30)16-33-27(31)25-21-9-2-3-10-23(21)29-26-17(11-12-22(25)26)14-19-7-5-13-32-19/h2-10,13-15H,11-12,16H2,1H3,(H,28,30)/b17-14+. The topological polar surface area (TPSA) is 81.4 Å². The van der Waals surface area contributed by atoms with Gasteiger partial charge >= 0.3 is 5.97 Å². The van der Waals surface area contributed by atoms with Crippen LogP contribution in [0, 0.1) is 0 Å². The summed E-state index contributed by atoms with van der Waals surface area (Å²) in [6.07, 6.45) is 6.96. The van der Waals surface area contributed by atoms with Gasteiger partial charge in [0.05, 0.1) is 23.0 Å². The van der Waals surface area contributed by atoms with Crippen molar-refractivity contribution in [1.82, 2.24) is 4.98 Å². The first-order valence-corrected chi connectivity index (χ1v) is 12.1. The van der Waals surface area contributed by atoms with Crippen molar-refractivity contribution in [3.63, 3.8) is 0 Å². The van der Waals surface area contributed by atoms with Crippen molar-refractivity contribution in [2.24, 2.45) is 0 Å². The zero-order valence-corrected chi connectivity index (χ0v) is 19.4. The number of furan rings is 1. The molecule has 0 spiro atoms. The Morgan fingerprint density at radius 3 is 2.82 bits per heavy atom. The molecule has 5 rings (SSSR count). The number of amides is 1. The van der Waals surface area contributed by atoms with E-state index in [0.29, 0.717) is 23.2 Å². The van der Waals surface area contributed by atoms with E-state index in [1.165, 1.54) is 0 Å². The van der Waals surface area contributed by atoms with Crippen molar-refractivity contribution in [3.05, 3.63) is 89.5 Å². The minimum absolute atomic E-state index is 0.372. The highest BCUT2D eigenvalue weighted by Gasteiger charge is 2.28. The summed E-state index contributed by atoms with van der Waals surface area (Å²) in [6, 6.07) is 18.7. The first kappa shape index (κ1) is 22.0. The summed E-state index contributed by atoms with van der Waals surface area (Å²) in [4.78, 5) is 31.5. The largest absolute Gasteiger partial charge is 0.465 e. The number of pyridine rings is 1. The maximum absolute atomic E-state index is 13.2. The van der Waals surface area contributed by atoms with E-state index in [2.05, 4.69) is 5.32 Å². The van der Waals surface area contributed by atoms with Crippen molar-refractivity contribution >= 4 is 51.9 Å². The molecule has 4 aromatic rings. The van der Waals surface area contributed by atoms with Gasteiger partial charge in [-0.3, -0.25) is 4.79 Å². The number of carbonyl (C=O) groups excluding carboxylic acids is 2. The van der Waals surface area contributed by atoms with Crippen molar-refractivity contribution in [3.8, 4) is 0 Å². The number of rotatable bonds is 6. The fourth-order valence-electron chi connectivity index (χ4n) is 4.16. The minimum Gasteiger partial charge on any atom is -0.465 e. The number of hydrogen-bond donors (Lipinski definition) is 1. The molecule has 0 saturated carbocycles. The Morgan fingerprint density at radius 2 is 2.00 bits per heavy atom. The Balaban J connectivity index is 1.40. The van der Waals surface area contributed by atoms with Crippen LogP contribution >= 0.6 is 11.8 Å². The predicted molar refractivity (Wildman–Crippen MR) is 134 cm³/mol. The van der Waals surface area contributed by atoms with Gasteiger partial charge in [0.2, 0.25) is 0 Å². The van der Waals surface area contributed by atoms with Crippen LogP contribution in [0.1, 0.15) is 33.8 Å². The zero-order valence-electron chi connectivity index (χ0n) is 18.5. The molecule has 0 saturated heterocycles. The van der Waals surface area contributed by atoms with E-state index < -0.39 is 5.97 Å². The molecule has 34 heavy (non-hydrogen) atoms. The van der Waals surface area contributed by atoms with Gasteiger partial charge in [-0.1, -0.05) is 24.3 Å². The Labute approximate surface area is 201 Å². The number of allylic oxidation sites excluding steroid dienone is 1. The van der Waals surface area contributed by atoms with Crippen molar-refractivity contribution in [2.75, 3.05) is 18.2 Å². The third-order valence-corrected chi connectivity index (χ3v) is 6.42. The molecule has 2 aromatic heterocycles. The minimum atomic E-state index is -0.526. The lowest BCUT2D eigenvalue weighted by atomic mass is 10.0. The number of carbonyl (C=O) groups is 2. The van der Waals surface area contributed by atoms with E-state index in [1.807, 2.05) is 66.9 Å². The summed E-state index contributed by atoms with van der Waals surface area (Å²) in [6.45, 7) is -0.372.